The normalized spacial score (nSPS) is 19.3. The Morgan fingerprint density at radius 1 is 1.47 bits per heavy atom. The van der Waals surface area contributed by atoms with Crippen LogP contribution in [0.5, 0.6) is 0 Å². The van der Waals surface area contributed by atoms with Crippen LogP contribution < -0.4 is 5.32 Å². The molecule has 0 aromatic heterocycles. The summed E-state index contributed by atoms with van der Waals surface area (Å²) in [6, 6.07) is 6.83. The molecule has 1 N–H and O–H groups in total. The van der Waals surface area contributed by atoms with Gasteiger partial charge in [-0.1, -0.05) is 12.1 Å². The van der Waals surface area contributed by atoms with E-state index in [2.05, 4.69) is 12.2 Å². The molecule has 104 valence electrons. The average molecular weight is 264 g/mol. The van der Waals surface area contributed by atoms with E-state index >= 15 is 0 Å². The third-order valence-electron chi connectivity index (χ3n) is 3.64. The summed E-state index contributed by atoms with van der Waals surface area (Å²) in [5, 5.41) is 2.92. The van der Waals surface area contributed by atoms with Crippen molar-refractivity contribution in [3.63, 3.8) is 0 Å². The van der Waals surface area contributed by atoms with E-state index in [-0.39, 0.29) is 11.8 Å². The minimum absolute atomic E-state index is 0.00334. The van der Waals surface area contributed by atoms with Crippen LogP contribution >= 0.6 is 0 Å². The Bertz CT molecular complexity index is 436. The first-order valence-electron chi connectivity index (χ1n) is 6.96. The van der Waals surface area contributed by atoms with Crippen LogP contribution in [0.4, 0.5) is 9.18 Å². The lowest BCUT2D eigenvalue weighted by Gasteiger charge is -2.33. The van der Waals surface area contributed by atoms with E-state index in [0.29, 0.717) is 19.0 Å². The molecule has 4 heteroatoms. The Morgan fingerprint density at radius 2 is 2.32 bits per heavy atom. The molecular weight excluding hydrogens is 243 g/mol. The van der Waals surface area contributed by atoms with Gasteiger partial charge in [-0.3, -0.25) is 0 Å². The van der Waals surface area contributed by atoms with E-state index in [9.17, 15) is 9.18 Å². The molecule has 1 fully saturated rings. The smallest absolute Gasteiger partial charge is 0.317 e. The number of halogens is 1. The first kappa shape index (κ1) is 13.8. The van der Waals surface area contributed by atoms with E-state index in [1.165, 1.54) is 18.6 Å². The van der Waals surface area contributed by atoms with E-state index in [1.807, 2.05) is 11.0 Å². The summed E-state index contributed by atoms with van der Waals surface area (Å²) in [5.41, 5.74) is 0.909. The second kappa shape index (κ2) is 6.55. The van der Waals surface area contributed by atoms with Crippen LogP contribution in [0.3, 0.4) is 0 Å². The molecule has 1 heterocycles. The van der Waals surface area contributed by atoms with Crippen LogP contribution in [0, 0.1) is 5.82 Å². The van der Waals surface area contributed by atoms with Crippen LogP contribution in [0.2, 0.25) is 0 Å². The number of rotatable bonds is 3. The van der Waals surface area contributed by atoms with Gasteiger partial charge in [0.2, 0.25) is 0 Å². The summed E-state index contributed by atoms with van der Waals surface area (Å²) < 4.78 is 13.0. The summed E-state index contributed by atoms with van der Waals surface area (Å²) in [6.45, 7) is 3.48. The highest BCUT2D eigenvalue weighted by molar-refractivity contribution is 5.74. The van der Waals surface area contributed by atoms with Crippen molar-refractivity contribution in [1.82, 2.24) is 10.2 Å². The Labute approximate surface area is 113 Å². The number of nitrogens with zero attached hydrogens (tertiary/aromatic N) is 1. The van der Waals surface area contributed by atoms with Gasteiger partial charge in [0.1, 0.15) is 5.82 Å². The third kappa shape index (κ3) is 3.94. The fourth-order valence-electron chi connectivity index (χ4n) is 2.51. The maximum Gasteiger partial charge on any atom is 0.317 e. The van der Waals surface area contributed by atoms with Crippen molar-refractivity contribution in [2.24, 2.45) is 0 Å². The van der Waals surface area contributed by atoms with Gasteiger partial charge in [-0.25, -0.2) is 9.18 Å². The van der Waals surface area contributed by atoms with Gasteiger partial charge in [-0.2, -0.15) is 0 Å². The molecule has 1 aliphatic heterocycles. The van der Waals surface area contributed by atoms with Crippen molar-refractivity contribution in [2.45, 2.75) is 38.6 Å². The van der Waals surface area contributed by atoms with Gasteiger partial charge in [-0.15, -0.1) is 0 Å². The molecule has 1 aromatic carbocycles. The molecule has 2 rings (SSSR count). The number of urea groups is 1. The van der Waals surface area contributed by atoms with Gasteiger partial charge in [0.25, 0.3) is 0 Å². The summed E-state index contributed by atoms with van der Waals surface area (Å²) in [7, 11) is 0. The highest BCUT2D eigenvalue weighted by Gasteiger charge is 2.22. The molecule has 2 amide bonds. The number of hydrogen-bond donors (Lipinski definition) is 1. The van der Waals surface area contributed by atoms with Crippen molar-refractivity contribution in [2.75, 3.05) is 13.1 Å². The zero-order valence-corrected chi connectivity index (χ0v) is 11.4. The maximum absolute atomic E-state index is 13.0. The Hall–Kier alpha value is -1.58. The Morgan fingerprint density at radius 3 is 3.05 bits per heavy atom. The van der Waals surface area contributed by atoms with Gasteiger partial charge in [0.05, 0.1) is 0 Å². The van der Waals surface area contributed by atoms with Crippen molar-refractivity contribution in [3.05, 3.63) is 35.6 Å². The quantitative estimate of drug-likeness (QED) is 0.894. The van der Waals surface area contributed by atoms with E-state index in [0.717, 1.165) is 24.9 Å². The molecule has 0 radical (unpaired) electrons. The van der Waals surface area contributed by atoms with E-state index in [4.69, 9.17) is 0 Å². The van der Waals surface area contributed by atoms with Crippen molar-refractivity contribution < 1.29 is 9.18 Å². The van der Waals surface area contributed by atoms with Gasteiger partial charge in [-0.05, 0) is 50.3 Å². The van der Waals surface area contributed by atoms with Gasteiger partial charge >= 0.3 is 6.03 Å². The molecule has 1 unspecified atom stereocenters. The lowest BCUT2D eigenvalue weighted by Crippen LogP contribution is -2.47. The molecule has 19 heavy (non-hydrogen) atoms. The topological polar surface area (TPSA) is 32.3 Å². The minimum atomic E-state index is -0.228. The van der Waals surface area contributed by atoms with Crippen LogP contribution in [0.25, 0.3) is 0 Å². The first-order valence-corrected chi connectivity index (χ1v) is 6.96. The van der Waals surface area contributed by atoms with Crippen LogP contribution in [-0.4, -0.2) is 30.1 Å². The lowest BCUT2D eigenvalue weighted by molar-refractivity contribution is 0.158. The molecule has 0 aliphatic carbocycles. The summed E-state index contributed by atoms with van der Waals surface area (Å²) in [5.74, 6) is -0.228. The zero-order chi connectivity index (χ0) is 13.7. The monoisotopic (exact) mass is 264 g/mol. The molecule has 0 spiro atoms. The third-order valence-corrected chi connectivity index (χ3v) is 3.64. The average Bonchev–Trinajstić information content (AvgIpc) is 2.39. The number of likely N-dealkylation sites (tertiary alicyclic amines) is 1. The van der Waals surface area contributed by atoms with Crippen molar-refractivity contribution in [1.29, 1.82) is 0 Å². The molecule has 1 saturated heterocycles. The second-order valence-corrected chi connectivity index (χ2v) is 5.15. The number of carbonyl (C=O) groups excluding carboxylic acids is 1. The first-order chi connectivity index (χ1) is 9.16. The predicted octanol–water partition coefficient (Wildman–Crippen LogP) is 2.95. The van der Waals surface area contributed by atoms with Crippen molar-refractivity contribution in [3.8, 4) is 0 Å². The number of nitrogens with one attached hydrogen (secondary N) is 1. The van der Waals surface area contributed by atoms with Gasteiger partial charge in [0, 0.05) is 19.1 Å². The molecule has 0 bridgehead atoms. The molecule has 1 aromatic rings. The SMILES string of the molecule is CC1CCCCN1C(=O)NCCc1cccc(F)c1. The fraction of sp³-hybridized carbons (Fsp3) is 0.533. The molecule has 3 nitrogen and oxygen atoms in total. The molecular formula is C15H21FN2O. The summed E-state index contributed by atoms with van der Waals surface area (Å²) in [6.07, 6.45) is 4.03. The molecule has 0 saturated carbocycles. The largest absolute Gasteiger partial charge is 0.338 e. The second-order valence-electron chi connectivity index (χ2n) is 5.15. The van der Waals surface area contributed by atoms with Gasteiger partial charge < -0.3 is 10.2 Å². The number of amides is 2. The predicted molar refractivity (Wildman–Crippen MR) is 73.5 cm³/mol. The highest BCUT2D eigenvalue weighted by atomic mass is 19.1. The van der Waals surface area contributed by atoms with E-state index < -0.39 is 0 Å². The van der Waals surface area contributed by atoms with E-state index in [1.54, 1.807) is 6.07 Å². The number of piperidine rings is 1. The summed E-state index contributed by atoms with van der Waals surface area (Å²) in [4.78, 5) is 13.9. The maximum atomic E-state index is 13.0. The Balaban J connectivity index is 1.77. The number of hydrogen-bond acceptors (Lipinski definition) is 1. The minimum Gasteiger partial charge on any atom is -0.338 e. The Kier molecular flexibility index (Phi) is 4.77. The zero-order valence-electron chi connectivity index (χ0n) is 11.4. The van der Waals surface area contributed by atoms with Crippen LogP contribution in [0.15, 0.2) is 24.3 Å². The fourth-order valence-corrected chi connectivity index (χ4v) is 2.51. The number of carbonyl (C=O) groups is 1. The van der Waals surface area contributed by atoms with Crippen LogP contribution in [0.1, 0.15) is 31.7 Å². The molecule has 1 aliphatic rings. The lowest BCUT2D eigenvalue weighted by atomic mass is 10.0. The van der Waals surface area contributed by atoms with Crippen LogP contribution in [-0.2, 0) is 6.42 Å². The standard InChI is InChI=1S/C15H21FN2O/c1-12-5-2-3-10-18(12)15(19)17-9-8-13-6-4-7-14(16)11-13/h4,6-7,11-12H,2-3,5,8-10H2,1H3,(H,17,19). The summed E-state index contributed by atoms with van der Waals surface area (Å²) >= 11 is 0. The highest BCUT2D eigenvalue weighted by Crippen LogP contribution is 2.16. The van der Waals surface area contributed by atoms with Crippen molar-refractivity contribution >= 4 is 6.03 Å². The molecule has 1 atom stereocenters. The van der Waals surface area contributed by atoms with Gasteiger partial charge in [0.15, 0.2) is 0 Å². The number of benzene rings is 1.